The van der Waals surface area contributed by atoms with Crippen LogP contribution in [0.15, 0.2) is 48.7 Å². The Hall–Kier alpha value is -4.33. The Morgan fingerprint density at radius 1 is 1.03 bits per heavy atom. The molecule has 0 atom stereocenters. The van der Waals surface area contributed by atoms with Crippen LogP contribution in [0.25, 0.3) is 16.6 Å². The fourth-order valence-corrected chi connectivity index (χ4v) is 3.48. The number of ether oxygens (including phenoxy) is 2. The summed E-state index contributed by atoms with van der Waals surface area (Å²) < 4.78 is 50.1. The number of alkyl halides is 3. The second-order valence-electron chi connectivity index (χ2n) is 8.87. The van der Waals surface area contributed by atoms with Crippen molar-refractivity contribution in [2.24, 2.45) is 5.41 Å². The lowest BCUT2D eigenvalue weighted by Crippen LogP contribution is -2.19. The van der Waals surface area contributed by atoms with Crippen molar-refractivity contribution in [3.63, 3.8) is 0 Å². The smallest absolute Gasteiger partial charge is 0.491 e. The fraction of sp³-hybridized carbons (Fsp3) is 0.280. The van der Waals surface area contributed by atoms with E-state index in [1.165, 1.54) is 18.2 Å². The Kier molecular flexibility index (Phi) is 6.45. The average molecular weight is 496 g/mol. The summed E-state index contributed by atoms with van der Waals surface area (Å²) in [4.78, 5) is 8.60. The fourth-order valence-electron chi connectivity index (χ4n) is 3.48. The minimum absolute atomic E-state index is 0.0523. The van der Waals surface area contributed by atoms with Gasteiger partial charge in [-0.15, -0.1) is 13.2 Å². The van der Waals surface area contributed by atoms with Gasteiger partial charge in [0.25, 0.3) is 0 Å². The molecule has 0 radical (unpaired) electrons. The van der Waals surface area contributed by atoms with Crippen LogP contribution in [0.1, 0.15) is 25.4 Å². The number of anilines is 2. The van der Waals surface area contributed by atoms with Crippen molar-refractivity contribution in [2.45, 2.75) is 34.1 Å². The molecule has 4 aromatic rings. The summed E-state index contributed by atoms with van der Waals surface area (Å²) in [5.41, 5.74) is 1.67. The minimum Gasteiger partial charge on any atom is -0.491 e. The second-order valence-corrected chi connectivity index (χ2v) is 8.87. The Morgan fingerprint density at radius 2 is 1.81 bits per heavy atom. The first-order chi connectivity index (χ1) is 16.9. The summed E-state index contributed by atoms with van der Waals surface area (Å²) in [5, 5.41) is 16.9. The predicted molar refractivity (Wildman–Crippen MR) is 127 cm³/mol. The summed E-state index contributed by atoms with van der Waals surface area (Å²) in [6, 6.07) is 13.0. The van der Waals surface area contributed by atoms with Gasteiger partial charge in [0.15, 0.2) is 5.82 Å². The van der Waals surface area contributed by atoms with Gasteiger partial charge >= 0.3 is 6.36 Å². The van der Waals surface area contributed by atoms with E-state index in [-0.39, 0.29) is 12.4 Å². The Morgan fingerprint density at radius 3 is 2.50 bits per heavy atom. The Labute approximate surface area is 205 Å². The highest BCUT2D eigenvalue weighted by Gasteiger charge is 2.31. The van der Waals surface area contributed by atoms with Crippen LogP contribution < -0.4 is 14.8 Å². The van der Waals surface area contributed by atoms with E-state index < -0.39 is 11.8 Å². The van der Waals surface area contributed by atoms with E-state index in [1.807, 2.05) is 6.92 Å². The highest BCUT2D eigenvalue weighted by atomic mass is 19.4. The largest absolute Gasteiger partial charge is 0.573 e. The van der Waals surface area contributed by atoms with Crippen LogP contribution in [-0.2, 0) is 0 Å². The topological polar surface area (TPSA) is 97.4 Å². The lowest BCUT2D eigenvalue weighted by molar-refractivity contribution is -0.274. The van der Waals surface area contributed by atoms with E-state index in [2.05, 4.69) is 31.2 Å². The van der Waals surface area contributed by atoms with Gasteiger partial charge in [-0.2, -0.15) is 10.4 Å². The molecule has 1 aromatic carbocycles. The molecule has 0 saturated carbocycles. The number of nitrogens with one attached hydrogen (secondary N) is 1. The first-order valence-corrected chi connectivity index (χ1v) is 10.9. The molecule has 3 heterocycles. The van der Waals surface area contributed by atoms with Gasteiger partial charge in [0.2, 0.25) is 0 Å². The molecule has 0 spiro atoms. The first kappa shape index (κ1) is 24.8. The molecule has 0 aliphatic rings. The van der Waals surface area contributed by atoms with Crippen molar-refractivity contribution in [3.05, 3.63) is 60.2 Å². The zero-order valence-electron chi connectivity index (χ0n) is 20.0. The van der Waals surface area contributed by atoms with Gasteiger partial charge in [0.05, 0.1) is 17.0 Å². The van der Waals surface area contributed by atoms with E-state index in [4.69, 9.17) is 4.74 Å². The molecular formula is C25H23F3N6O2. The van der Waals surface area contributed by atoms with Gasteiger partial charge in [-0.25, -0.2) is 14.5 Å². The van der Waals surface area contributed by atoms with E-state index in [9.17, 15) is 18.4 Å². The lowest BCUT2D eigenvalue weighted by atomic mass is 9.97. The van der Waals surface area contributed by atoms with Crippen molar-refractivity contribution in [3.8, 4) is 28.7 Å². The zero-order valence-corrected chi connectivity index (χ0v) is 20.0. The molecule has 8 nitrogen and oxygen atoms in total. The molecule has 0 saturated heterocycles. The van der Waals surface area contributed by atoms with Crippen molar-refractivity contribution >= 4 is 17.2 Å². The van der Waals surface area contributed by atoms with Gasteiger partial charge in [-0.1, -0.05) is 0 Å². The molecule has 11 heteroatoms. The molecule has 0 bridgehead atoms. The van der Waals surface area contributed by atoms with Crippen molar-refractivity contribution in [1.29, 1.82) is 5.26 Å². The van der Waals surface area contributed by atoms with Crippen LogP contribution in [0.3, 0.4) is 0 Å². The lowest BCUT2D eigenvalue weighted by Gasteiger charge is -2.19. The van der Waals surface area contributed by atoms with Gasteiger partial charge < -0.3 is 14.8 Å². The molecule has 186 valence electrons. The van der Waals surface area contributed by atoms with Crippen molar-refractivity contribution in [2.75, 3.05) is 11.9 Å². The number of nitriles is 1. The normalized spacial score (nSPS) is 11.8. The second kappa shape index (κ2) is 9.37. The van der Waals surface area contributed by atoms with E-state index in [0.29, 0.717) is 39.9 Å². The molecule has 1 N–H and O–H groups in total. The van der Waals surface area contributed by atoms with Gasteiger partial charge in [-0.3, -0.25) is 0 Å². The van der Waals surface area contributed by atoms with Gasteiger partial charge in [0.1, 0.15) is 29.7 Å². The first-order valence-electron chi connectivity index (χ1n) is 10.9. The summed E-state index contributed by atoms with van der Waals surface area (Å²) in [6.45, 7) is 7.13. The zero-order chi connectivity index (χ0) is 26.1. The third-order valence-electron chi connectivity index (χ3n) is 5.07. The molecule has 3 aromatic heterocycles. The van der Waals surface area contributed by atoms with E-state index in [1.54, 1.807) is 55.7 Å². The van der Waals surface area contributed by atoms with E-state index in [0.717, 1.165) is 5.69 Å². The van der Waals surface area contributed by atoms with Crippen molar-refractivity contribution in [1.82, 2.24) is 19.6 Å². The van der Waals surface area contributed by atoms with Crippen LogP contribution in [0, 0.1) is 30.6 Å². The predicted octanol–water partition coefficient (Wildman–Crippen LogP) is 5.98. The highest BCUT2D eigenvalue weighted by Crippen LogP contribution is 2.37. The standard InChI is InChI=1S/C25H23F3N6O2/c1-15-9-22(31-16(2)30-15)32-23-11-18-10-17(7-8-34(18)33-23)20-12-19(36-25(26,27)28)5-6-21(20)35-14-24(3,4)13-29/h5-12H,14H2,1-4H3,(H,30,31,32,33). The number of benzene rings is 1. The van der Waals surface area contributed by atoms with Gasteiger partial charge in [-0.05, 0) is 63.6 Å². The maximum atomic E-state index is 12.8. The molecule has 0 amide bonds. The van der Waals surface area contributed by atoms with Crippen molar-refractivity contribution < 1.29 is 22.6 Å². The number of aryl methyl sites for hydroxylation is 2. The Bertz CT molecular complexity index is 1440. The Balaban J connectivity index is 1.70. The average Bonchev–Trinajstić information content (AvgIpc) is 3.17. The maximum absolute atomic E-state index is 12.8. The van der Waals surface area contributed by atoms with Crippen LogP contribution >= 0.6 is 0 Å². The minimum atomic E-state index is -4.84. The van der Waals surface area contributed by atoms with Crippen LogP contribution in [0.5, 0.6) is 11.5 Å². The van der Waals surface area contributed by atoms with Crippen LogP contribution in [0.4, 0.5) is 24.8 Å². The number of fused-ring (bicyclic) bond motifs is 1. The van der Waals surface area contributed by atoms with Crippen LogP contribution in [0.2, 0.25) is 0 Å². The number of hydrogen-bond acceptors (Lipinski definition) is 7. The van der Waals surface area contributed by atoms with Gasteiger partial charge in [0, 0.05) is 29.6 Å². The number of hydrogen-bond donors (Lipinski definition) is 1. The molecule has 4 rings (SSSR count). The molecular weight excluding hydrogens is 473 g/mol. The van der Waals surface area contributed by atoms with Crippen LogP contribution in [-0.4, -0.2) is 32.6 Å². The third-order valence-corrected chi connectivity index (χ3v) is 5.07. The quantitative estimate of drug-likeness (QED) is 0.336. The number of pyridine rings is 1. The number of halogens is 3. The van der Waals surface area contributed by atoms with E-state index >= 15 is 0 Å². The molecule has 0 aliphatic carbocycles. The summed E-state index contributed by atoms with van der Waals surface area (Å²) in [5.74, 6) is 1.69. The maximum Gasteiger partial charge on any atom is 0.573 e. The SMILES string of the molecule is Cc1cc(Nc2cc3cc(-c4cc(OC(F)(F)F)ccc4OCC(C)(C)C#N)ccn3n2)nc(C)n1. The summed E-state index contributed by atoms with van der Waals surface area (Å²) >= 11 is 0. The molecule has 36 heavy (non-hydrogen) atoms. The number of nitrogens with zero attached hydrogens (tertiary/aromatic N) is 5. The number of rotatable bonds is 7. The summed E-state index contributed by atoms with van der Waals surface area (Å²) in [7, 11) is 0. The molecule has 0 fully saturated rings. The third kappa shape index (κ3) is 6.02. The monoisotopic (exact) mass is 496 g/mol. The number of aromatic nitrogens is 4. The molecule has 0 aliphatic heterocycles. The molecule has 0 unspecified atom stereocenters. The summed E-state index contributed by atoms with van der Waals surface area (Å²) in [6.07, 6.45) is -3.15. The highest BCUT2D eigenvalue weighted by molar-refractivity contribution is 5.76.